The maximum Gasteiger partial charge on any atom is 0.356 e. The van der Waals surface area contributed by atoms with Crippen molar-refractivity contribution in [2.24, 2.45) is 5.92 Å². The Labute approximate surface area is 208 Å². The molecular weight excluding hydrogens is 493 g/mol. The van der Waals surface area contributed by atoms with Crippen molar-refractivity contribution in [2.75, 3.05) is 6.67 Å². The van der Waals surface area contributed by atoms with Gasteiger partial charge in [0, 0.05) is 5.56 Å². The minimum absolute atomic E-state index is 0.0912. The molecule has 13 heteroatoms. The predicted molar refractivity (Wildman–Crippen MR) is 129 cm³/mol. The van der Waals surface area contributed by atoms with E-state index in [1.807, 2.05) is 6.92 Å². The third kappa shape index (κ3) is 7.92. The van der Waals surface area contributed by atoms with Crippen molar-refractivity contribution in [3.8, 4) is 17.1 Å². The van der Waals surface area contributed by atoms with Gasteiger partial charge in [-0.1, -0.05) is 33.1 Å². The lowest BCUT2D eigenvalue weighted by Gasteiger charge is -2.29. The first-order chi connectivity index (χ1) is 17.0. The largest absolute Gasteiger partial charge is 0.508 e. The molecule has 0 unspecified atom stereocenters. The van der Waals surface area contributed by atoms with E-state index in [4.69, 9.17) is 4.42 Å². The SMILES string of the molecule is CCCCC[C@@H](C(=O)NCNC(=O)c1ccc(-c2cc(O)cc(P(=O)(O)O)c2)o1)[C@@H](CC)N(O)C=O. The van der Waals surface area contributed by atoms with Crippen molar-refractivity contribution in [3.63, 3.8) is 0 Å². The topological polar surface area (TPSA) is 190 Å². The van der Waals surface area contributed by atoms with Crippen LogP contribution in [0.5, 0.6) is 5.75 Å². The number of nitrogens with zero attached hydrogens (tertiary/aromatic N) is 1. The number of nitrogens with one attached hydrogen (secondary N) is 2. The van der Waals surface area contributed by atoms with Gasteiger partial charge >= 0.3 is 7.60 Å². The van der Waals surface area contributed by atoms with Gasteiger partial charge in [0.2, 0.25) is 12.3 Å². The maximum atomic E-state index is 12.8. The Kier molecular flexibility index (Phi) is 10.7. The average molecular weight is 525 g/mol. The standard InChI is InChI=1S/C23H32N3O9P/c1-3-5-6-7-18(19(4-2)26(31)14-27)22(29)24-13-25-23(30)21-9-8-20(35-21)15-10-16(28)12-17(11-15)36(32,33)34/h8-12,14,18-19,28,31H,3-7,13H2,1-2H3,(H,24,29)(H,25,30)(H2,32,33,34)/t18-,19-/m1/s1. The molecule has 2 rings (SSSR count). The summed E-state index contributed by atoms with van der Waals surface area (Å²) < 4.78 is 17.0. The van der Waals surface area contributed by atoms with Gasteiger partial charge in [0.1, 0.15) is 11.5 Å². The van der Waals surface area contributed by atoms with Gasteiger partial charge in [0.25, 0.3) is 5.91 Å². The number of rotatable bonds is 14. The molecule has 1 aromatic heterocycles. The highest BCUT2D eigenvalue weighted by atomic mass is 31.2. The molecule has 0 spiro atoms. The Morgan fingerprint density at radius 2 is 1.86 bits per heavy atom. The molecule has 0 fully saturated rings. The molecule has 0 saturated carbocycles. The van der Waals surface area contributed by atoms with E-state index in [-0.39, 0.29) is 35.9 Å². The number of benzene rings is 1. The summed E-state index contributed by atoms with van der Waals surface area (Å²) in [6.07, 6.45) is 3.64. The highest BCUT2D eigenvalue weighted by molar-refractivity contribution is 7.60. The number of hydroxylamine groups is 2. The van der Waals surface area contributed by atoms with E-state index >= 15 is 0 Å². The van der Waals surface area contributed by atoms with Gasteiger partial charge in [-0.25, -0.2) is 5.06 Å². The molecule has 198 valence electrons. The van der Waals surface area contributed by atoms with Crippen molar-refractivity contribution >= 4 is 31.1 Å². The quantitative estimate of drug-likeness (QED) is 0.0535. The fourth-order valence-electron chi connectivity index (χ4n) is 3.80. The molecule has 0 aliphatic rings. The second-order valence-electron chi connectivity index (χ2n) is 8.23. The second kappa shape index (κ2) is 13.2. The van der Waals surface area contributed by atoms with E-state index in [0.717, 1.165) is 31.4 Å². The zero-order valence-electron chi connectivity index (χ0n) is 20.1. The van der Waals surface area contributed by atoms with Crippen LogP contribution in [0.2, 0.25) is 0 Å². The number of phenolic OH excluding ortho intramolecular Hbond substituents is 1. The molecule has 3 amide bonds. The van der Waals surface area contributed by atoms with Crippen LogP contribution in [0.4, 0.5) is 0 Å². The van der Waals surface area contributed by atoms with Gasteiger partial charge in [-0.2, -0.15) is 0 Å². The van der Waals surface area contributed by atoms with E-state index in [1.54, 1.807) is 6.92 Å². The van der Waals surface area contributed by atoms with Gasteiger partial charge in [0.15, 0.2) is 5.76 Å². The Bertz CT molecular complexity index is 1100. The van der Waals surface area contributed by atoms with E-state index in [2.05, 4.69) is 10.6 Å². The van der Waals surface area contributed by atoms with Crippen molar-refractivity contribution in [1.82, 2.24) is 15.7 Å². The fourth-order valence-corrected chi connectivity index (χ4v) is 4.40. The van der Waals surface area contributed by atoms with Gasteiger partial charge in [-0.15, -0.1) is 0 Å². The van der Waals surface area contributed by atoms with Gasteiger partial charge in [-0.3, -0.25) is 24.2 Å². The first-order valence-electron chi connectivity index (χ1n) is 11.5. The number of phenols is 1. The molecule has 0 saturated heterocycles. The molecule has 1 aromatic carbocycles. The lowest BCUT2D eigenvalue weighted by Crippen LogP contribution is -2.47. The molecule has 12 nitrogen and oxygen atoms in total. The van der Waals surface area contributed by atoms with Crippen LogP contribution in [0.3, 0.4) is 0 Å². The summed E-state index contributed by atoms with van der Waals surface area (Å²) in [6, 6.07) is 5.34. The van der Waals surface area contributed by atoms with Crippen LogP contribution in [0.1, 0.15) is 56.5 Å². The molecule has 0 aliphatic carbocycles. The molecule has 0 bridgehead atoms. The third-order valence-corrected chi connectivity index (χ3v) is 6.58. The number of furan rings is 1. The third-order valence-electron chi connectivity index (χ3n) is 5.65. The fraction of sp³-hybridized carbons (Fsp3) is 0.435. The number of carbonyl (C=O) groups is 3. The summed E-state index contributed by atoms with van der Waals surface area (Å²) in [5, 5.41) is 24.8. The van der Waals surface area contributed by atoms with Crippen LogP contribution < -0.4 is 15.9 Å². The lowest BCUT2D eigenvalue weighted by molar-refractivity contribution is -0.168. The summed E-state index contributed by atoms with van der Waals surface area (Å²) in [4.78, 5) is 55.0. The second-order valence-corrected chi connectivity index (χ2v) is 9.84. The molecule has 2 atom stereocenters. The molecule has 36 heavy (non-hydrogen) atoms. The van der Waals surface area contributed by atoms with E-state index in [9.17, 15) is 39.0 Å². The summed E-state index contributed by atoms with van der Waals surface area (Å²) >= 11 is 0. The summed E-state index contributed by atoms with van der Waals surface area (Å²) in [5.41, 5.74) is 0.157. The molecule has 0 radical (unpaired) electrons. The number of hydrogen-bond acceptors (Lipinski definition) is 7. The van der Waals surface area contributed by atoms with Crippen LogP contribution >= 0.6 is 7.60 Å². The van der Waals surface area contributed by atoms with Crippen LogP contribution in [0, 0.1) is 5.92 Å². The van der Waals surface area contributed by atoms with E-state index in [0.29, 0.717) is 17.9 Å². The molecular formula is C23H32N3O9P. The average Bonchev–Trinajstić information content (AvgIpc) is 3.33. The number of aromatic hydroxyl groups is 1. The van der Waals surface area contributed by atoms with E-state index < -0.39 is 36.7 Å². The van der Waals surface area contributed by atoms with Crippen molar-refractivity contribution < 1.29 is 43.5 Å². The zero-order valence-corrected chi connectivity index (χ0v) is 21.0. The minimum Gasteiger partial charge on any atom is -0.508 e. The zero-order chi connectivity index (χ0) is 26.9. The monoisotopic (exact) mass is 525 g/mol. The Morgan fingerprint density at radius 1 is 1.14 bits per heavy atom. The number of unbranched alkanes of at least 4 members (excludes halogenated alkanes) is 2. The van der Waals surface area contributed by atoms with Crippen molar-refractivity contribution in [2.45, 2.75) is 52.0 Å². The van der Waals surface area contributed by atoms with Crippen LogP contribution in [-0.4, -0.2) is 56.1 Å². The first kappa shape index (κ1) is 29.1. The molecule has 0 aliphatic heterocycles. The highest BCUT2D eigenvalue weighted by Gasteiger charge is 2.30. The smallest absolute Gasteiger partial charge is 0.356 e. The number of hydrogen-bond donors (Lipinski definition) is 6. The Balaban J connectivity index is 2.04. The predicted octanol–water partition coefficient (Wildman–Crippen LogP) is 2.08. The Hall–Kier alpha value is -3.18. The van der Waals surface area contributed by atoms with Gasteiger partial charge in [-0.05, 0) is 43.2 Å². The summed E-state index contributed by atoms with van der Waals surface area (Å²) in [6.45, 7) is 3.53. The van der Waals surface area contributed by atoms with Crippen molar-refractivity contribution in [3.05, 3.63) is 36.1 Å². The lowest BCUT2D eigenvalue weighted by atomic mass is 9.90. The van der Waals surface area contributed by atoms with Crippen LogP contribution in [0.25, 0.3) is 11.3 Å². The maximum absolute atomic E-state index is 12.8. The van der Waals surface area contributed by atoms with E-state index in [1.165, 1.54) is 18.2 Å². The summed E-state index contributed by atoms with van der Waals surface area (Å²) in [5.74, 6) is -2.18. The molecule has 1 heterocycles. The first-order valence-corrected chi connectivity index (χ1v) is 13.1. The Morgan fingerprint density at radius 3 is 2.47 bits per heavy atom. The summed E-state index contributed by atoms with van der Waals surface area (Å²) in [7, 11) is -4.62. The number of carbonyl (C=O) groups excluding carboxylic acids is 3. The minimum atomic E-state index is -4.62. The van der Waals surface area contributed by atoms with Gasteiger partial charge in [0.05, 0.1) is 23.9 Å². The van der Waals surface area contributed by atoms with Crippen LogP contribution in [0.15, 0.2) is 34.7 Å². The van der Waals surface area contributed by atoms with Crippen LogP contribution in [-0.2, 0) is 14.2 Å². The van der Waals surface area contributed by atoms with Gasteiger partial charge < -0.3 is 29.9 Å². The molecule has 2 aromatic rings. The van der Waals surface area contributed by atoms with Crippen molar-refractivity contribution in [1.29, 1.82) is 0 Å². The highest BCUT2D eigenvalue weighted by Crippen LogP contribution is 2.36. The molecule has 6 N–H and O–H groups in total. The normalized spacial score (nSPS) is 13.0. The number of amides is 3.